The predicted molar refractivity (Wildman–Crippen MR) is 128 cm³/mol. The van der Waals surface area contributed by atoms with Gasteiger partial charge in [0.15, 0.2) is 5.76 Å². The number of piperazine rings is 1. The number of hydrogen-bond donors (Lipinski definition) is 1. The van der Waals surface area contributed by atoms with Crippen LogP contribution in [0.15, 0.2) is 77.4 Å². The normalized spacial score (nSPS) is 14.0. The summed E-state index contributed by atoms with van der Waals surface area (Å²) < 4.78 is 5.07. The first-order valence-corrected chi connectivity index (χ1v) is 11.2. The average Bonchev–Trinajstić information content (AvgIpc) is 3.40. The molecule has 0 saturated carbocycles. The van der Waals surface area contributed by atoms with Crippen LogP contribution in [0.4, 0.5) is 5.69 Å². The molecule has 3 aromatic rings. The molecule has 2 heterocycles. The van der Waals surface area contributed by atoms with Gasteiger partial charge in [-0.05, 0) is 42.0 Å². The van der Waals surface area contributed by atoms with Crippen molar-refractivity contribution < 1.29 is 18.8 Å². The van der Waals surface area contributed by atoms with Gasteiger partial charge in [-0.1, -0.05) is 30.3 Å². The fourth-order valence-electron chi connectivity index (χ4n) is 3.89. The second-order valence-electron chi connectivity index (χ2n) is 8.31. The molecule has 0 atom stereocenters. The van der Waals surface area contributed by atoms with Crippen molar-refractivity contribution in [1.82, 2.24) is 14.7 Å². The molecule has 1 fully saturated rings. The summed E-state index contributed by atoms with van der Waals surface area (Å²) in [7, 11) is 1.62. The van der Waals surface area contributed by atoms with Gasteiger partial charge in [0.05, 0.1) is 12.8 Å². The van der Waals surface area contributed by atoms with E-state index < -0.39 is 0 Å². The Kier molecular flexibility index (Phi) is 7.39. The second-order valence-corrected chi connectivity index (χ2v) is 8.31. The first-order valence-electron chi connectivity index (χ1n) is 11.2. The molecular formula is C26H28N4O4. The molecule has 4 rings (SSSR count). The molecule has 0 radical (unpaired) electrons. The van der Waals surface area contributed by atoms with Crippen molar-refractivity contribution in [2.24, 2.45) is 0 Å². The third kappa shape index (κ3) is 5.90. The molecule has 34 heavy (non-hydrogen) atoms. The van der Waals surface area contributed by atoms with E-state index in [-0.39, 0.29) is 30.0 Å². The number of nitrogens with zero attached hydrogens (tertiary/aromatic N) is 3. The van der Waals surface area contributed by atoms with E-state index in [2.05, 4.69) is 22.3 Å². The van der Waals surface area contributed by atoms with Gasteiger partial charge in [-0.2, -0.15) is 0 Å². The van der Waals surface area contributed by atoms with E-state index in [1.165, 1.54) is 16.7 Å². The maximum atomic E-state index is 12.8. The van der Waals surface area contributed by atoms with Crippen molar-refractivity contribution in [2.45, 2.75) is 6.54 Å². The van der Waals surface area contributed by atoms with Crippen LogP contribution >= 0.6 is 0 Å². The quantitative estimate of drug-likeness (QED) is 0.586. The van der Waals surface area contributed by atoms with Crippen LogP contribution in [0, 0.1) is 0 Å². The number of carbonyl (C=O) groups is 3. The van der Waals surface area contributed by atoms with E-state index in [1.807, 2.05) is 23.1 Å². The Hall–Kier alpha value is -3.91. The second kappa shape index (κ2) is 10.8. The molecular weight excluding hydrogens is 432 g/mol. The summed E-state index contributed by atoms with van der Waals surface area (Å²) in [6.07, 6.45) is 1.43. The fraction of sp³-hybridized carbons (Fsp3) is 0.269. The van der Waals surface area contributed by atoms with E-state index >= 15 is 0 Å². The highest BCUT2D eigenvalue weighted by Gasteiger charge is 2.23. The minimum Gasteiger partial charge on any atom is -0.459 e. The molecule has 8 nitrogen and oxygen atoms in total. The van der Waals surface area contributed by atoms with Crippen LogP contribution < -0.4 is 5.32 Å². The number of amides is 3. The van der Waals surface area contributed by atoms with Crippen LogP contribution in [-0.4, -0.2) is 72.2 Å². The number of furan rings is 1. The van der Waals surface area contributed by atoms with Crippen molar-refractivity contribution in [3.63, 3.8) is 0 Å². The Labute approximate surface area is 198 Å². The summed E-state index contributed by atoms with van der Waals surface area (Å²) in [5.41, 5.74) is 2.25. The molecule has 1 saturated heterocycles. The lowest BCUT2D eigenvalue weighted by Gasteiger charge is -2.35. The Morgan fingerprint density at radius 1 is 0.912 bits per heavy atom. The zero-order valence-electron chi connectivity index (χ0n) is 19.1. The molecule has 0 bridgehead atoms. The Bertz CT molecular complexity index is 1110. The summed E-state index contributed by atoms with van der Waals surface area (Å²) in [4.78, 5) is 43.2. The van der Waals surface area contributed by atoms with Crippen LogP contribution in [0.3, 0.4) is 0 Å². The van der Waals surface area contributed by atoms with E-state index in [1.54, 1.807) is 43.4 Å². The number of nitrogens with one attached hydrogen (secondary N) is 1. The number of anilines is 1. The summed E-state index contributed by atoms with van der Waals surface area (Å²) in [6.45, 7) is 3.82. The van der Waals surface area contributed by atoms with Gasteiger partial charge in [0, 0.05) is 51.0 Å². The summed E-state index contributed by atoms with van der Waals surface area (Å²) in [5, 5.41) is 2.71. The van der Waals surface area contributed by atoms with E-state index in [9.17, 15) is 14.4 Å². The van der Waals surface area contributed by atoms with Crippen LogP contribution in [0.2, 0.25) is 0 Å². The van der Waals surface area contributed by atoms with Gasteiger partial charge in [-0.15, -0.1) is 0 Å². The highest BCUT2D eigenvalue weighted by molar-refractivity contribution is 6.02. The van der Waals surface area contributed by atoms with Gasteiger partial charge in [0.1, 0.15) is 0 Å². The Morgan fingerprint density at radius 3 is 2.26 bits per heavy atom. The van der Waals surface area contributed by atoms with Gasteiger partial charge in [0.25, 0.3) is 11.8 Å². The van der Waals surface area contributed by atoms with Gasteiger partial charge in [-0.25, -0.2) is 0 Å². The smallest absolute Gasteiger partial charge is 0.291 e. The van der Waals surface area contributed by atoms with Crippen molar-refractivity contribution in [1.29, 1.82) is 0 Å². The molecule has 3 amide bonds. The molecule has 1 N–H and O–H groups in total. The number of rotatable bonds is 7. The summed E-state index contributed by atoms with van der Waals surface area (Å²) >= 11 is 0. The number of likely N-dealkylation sites (N-methyl/N-ethyl adjacent to an activating group) is 1. The summed E-state index contributed by atoms with van der Waals surface area (Å²) in [6, 6.07) is 20.1. The molecule has 176 valence electrons. The van der Waals surface area contributed by atoms with E-state index in [0.717, 1.165) is 19.6 Å². The lowest BCUT2D eigenvalue weighted by molar-refractivity contribution is -0.133. The molecule has 0 spiro atoms. The molecule has 0 unspecified atom stereocenters. The standard InChI is InChI=1S/C26H28N4O4/c1-28(19-24(31)30-15-13-29(14-16-30)18-20-6-3-2-4-7-20)26(33)21-9-11-22(12-10-21)27-25(32)23-8-5-17-34-23/h2-12,17H,13-16,18-19H2,1H3,(H,27,32). The van der Waals surface area contributed by atoms with Crippen molar-refractivity contribution in [3.05, 3.63) is 89.9 Å². The zero-order chi connectivity index (χ0) is 23.9. The monoisotopic (exact) mass is 460 g/mol. The maximum absolute atomic E-state index is 12.8. The van der Waals surface area contributed by atoms with Crippen LogP contribution in [0.1, 0.15) is 26.5 Å². The molecule has 2 aromatic carbocycles. The van der Waals surface area contributed by atoms with Crippen molar-refractivity contribution in [2.75, 3.05) is 45.1 Å². The minimum absolute atomic E-state index is 0.0223. The van der Waals surface area contributed by atoms with Crippen molar-refractivity contribution in [3.8, 4) is 0 Å². The van der Waals surface area contributed by atoms with Crippen molar-refractivity contribution >= 4 is 23.4 Å². The fourth-order valence-corrected chi connectivity index (χ4v) is 3.89. The SMILES string of the molecule is CN(CC(=O)N1CCN(Cc2ccccc2)CC1)C(=O)c1ccc(NC(=O)c2ccco2)cc1. The largest absolute Gasteiger partial charge is 0.459 e. The first-order chi connectivity index (χ1) is 16.5. The molecule has 1 aliphatic rings. The lowest BCUT2D eigenvalue weighted by atomic mass is 10.1. The molecule has 0 aliphatic carbocycles. The highest BCUT2D eigenvalue weighted by atomic mass is 16.3. The highest BCUT2D eigenvalue weighted by Crippen LogP contribution is 2.14. The third-order valence-corrected chi connectivity index (χ3v) is 5.83. The number of hydrogen-bond acceptors (Lipinski definition) is 5. The Morgan fingerprint density at radius 2 is 1.62 bits per heavy atom. The van der Waals surface area contributed by atoms with Gasteiger partial charge < -0.3 is 19.5 Å². The van der Waals surface area contributed by atoms with Crippen LogP contribution in [-0.2, 0) is 11.3 Å². The van der Waals surface area contributed by atoms with Crippen LogP contribution in [0.25, 0.3) is 0 Å². The van der Waals surface area contributed by atoms with E-state index in [0.29, 0.717) is 24.3 Å². The maximum Gasteiger partial charge on any atom is 0.291 e. The summed E-state index contributed by atoms with van der Waals surface area (Å²) in [5.74, 6) is -0.465. The minimum atomic E-state index is -0.365. The van der Waals surface area contributed by atoms with Crippen LogP contribution in [0.5, 0.6) is 0 Å². The molecule has 1 aliphatic heterocycles. The zero-order valence-corrected chi connectivity index (χ0v) is 19.1. The average molecular weight is 461 g/mol. The molecule has 1 aromatic heterocycles. The number of benzene rings is 2. The third-order valence-electron chi connectivity index (χ3n) is 5.83. The number of carbonyl (C=O) groups excluding carboxylic acids is 3. The van der Waals surface area contributed by atoms with E-state index in [4.69, 9.17) is 4.42 Å². The lowest BCUT2D eigenvalue weighted by Crippen LogP contribution is -2.51. The van der Waals surface area contributed by atoms with Gasteiger partial charge in [-0.3, -0.25) is 19.3 Å². The Balaban J connectivity index is 1.24. The predicted octanol–water partition coefficient (Wildman–Crippen LogP) is 2.95. The molecule has 8 heteroatoms. The first kappa shape index (κ1) is 23.3. The van der Waals surface area contributed by atoms with Gasteiger partial charge >= 0.3 is 0 Å². The topological polar surface area (TPSA) is 86.1 Å². The van der Waals surface area contributed by atoms with Gasteiger partial charge in [0.2, 0.25) is 5.91 Å².